The molecule has 0 unspecified atom stereocenters. The Morgan fingerprint density at radius 1 is 1.20 bits per heavy atom. The Morgan fingerprint density at radius 2 is 2.07 bits per heavy atom. The number of nitrogens with one attached hydrogen (secondary N) is 1. The number of carbonyl (C=O) groups excluding carboxylic acids is 2. The van der Waals surface area contributed by atoms with Gasteiger partial charge in [-0.25, -0.2) is 14.3 Å². The highest BCUT2D eigenvalue weighted by Gasteiger charge is 2.17. The summed E-state index contributed by atoms with van der Waals surface area (Å²) in [6.45, 7) is 2.05. The lowest BCUT2D eigenvalue weighted by atomic mass is 10.1. The Hall–Kier alpha value is -3.72. The number of halogens is 1. The largest absolute Gasteiger partial charge is 0.462 e. The zero-order valence-electron chi connectivity index (χ0n) is 15.9. The molecular formula is C20H17ClN6O3. The molecule has 0 radical (unpaired) electrons. The van der Waals surface area contributed by atoms with Gasteiger partial charge in [-0.1, -0.05) is 23.7 Å². The third-order valence-electron chi connectivity index (χ3n) is 4.25. The van der Waals surface area contributed by atoms with Crippen molar-refractivity contribution in [3.05, 3.63) is 65.7 Å². The van der Waals surface area contributed by atoms with Crippen LogP contribution in [0.15, 0.2) is 55.1 Å². The van der Waals surface area contributed by atoms with Gasteiger partial charge < -0.3 is 10.1 Å². The lowest BCUT2D eigenvalue weighted by Crippen LogP contribution is -2.19. The van der Waals surface area contributed by atoms with Crippen molar-refractivity contribution >= 4 is 34.8 Å². The normalized spacial score (nSPS) is 10.9. The summed E-state index contributed by atoms with van der Waals surface area (Å²) in [5.41, 5.74) is 2.81. The maximum absolute atomic E-state index is 12.3. The summed E-state index contributed by atoms with van der Waals surface area (Å²) in [6.07, 6.45) is 6.08. The quantitative estimate of drug-likeness (QED) is 0.477. The van der Waals surface area contributed by atoms with E-state index in [4.69, 9.17) is 16.3 Å². The van der Waals surface area contributed by atoms with Crippen LogP contribution in [0.2, 0.25) is 5.02 Å². The van der Waals surface area contributed by atoms with Crippen molar-refractivity contribution in [2.24, 2.45) is 0 Å². The molecule has 0 saturated carbocycles. The molecule has 0 spiro atoms. The fourth-order valence-corrected chi connectivity index (χ4v) is 3.15. The molecule has 1 amide bonds. The van der Waals surface area contributed by atoms with Crippen LogP contribution in [0.1, 0.15) is 17.3 Å². The Kier molecular flexibility index (Phi) is 5.44. The van der Waals surface area contributed by atoms with E-state index < -0.39 is 5.97 Å². The molecule has 0 aliphatic rings. The van der Waals surface area contributed by atoms with Crippen LogP contribution in [0.25, 0.3) is 16.9 Å². The Bertz CT molecular complexity index is 1230. The molecule has 0 bridgehead atoms. The van der Waals surface area contributed by atoms with Gasteiger partial charge in [0.15, 0.2) is 5.65 Å². The number of carbonyl (C=O) groups is 2. The number of hydrogen-bond acceptors (Lipinski definition) is 6. The first-order valence-corrected chi connectivity index (χ1v) is 9.51. The maximum Gasteiger partial charge on any atom is 0.343 e. The average molecular weight is 425 g/mol. The monoisotopic (exact) mass is 424 g/mol. The molecule has 3 aromatic heterocycles. The van der Waals surface area contributed by atoms with E-state index in [9.17, 15) is 9.59 Å². The molecule has 0 aliphatic heterocycles. The third-order valence-corrected chi connectivity index (χ3v) is 4.44. The molecule has 0 atom stereocenters. The summed E-state index contributed by atoms with van der Waals surface area (Å²) in [5.74, 6) is -0.715. The lowest BCUT2D eigenvalue weighted by Gasteiger charge is -2.09. The fourth-order valence-electron chi connectivity index (χ4n) is 2.99. The van der Waals surface area contributed by atoms with Crippen LogP contribution < -0.4 is 5.32 Å². The summed E-state index contributed by atoms with van der Waals surface area (Å²) >= 11 is 5.82. The van der Waals surface area contributed by atoms with Gasteiger partial charge in [-0.05, 0) is 25.1 Å². The summed E-state index contributed by atoms with van der Waals surface area (Å²) in [6, 6.07) is 9.07. The van der Waals surface area contributed by atoms with Crippen LogP contribution in [-0.4, -0.2) is 42.9 Å². The highest BCUT2D eigenvalue weighted by Crippen LogP contribution is 2.24. The predicted octanol–water partition coefficient (Wildman–Crippen LogP) is 3.06. The number of amides is 1. The van der Waals surface area contributed by atoms with Gasteiger partial charge in [0.1, 0.15) is 12.1 Å². The van der Waals surface area contributed by atoms with Gasteiger partial charge in [0.05, 0.1) is 29.7 Å². The van der Waals surface area contributed by atoms with E-state index >= 15 is 0 Å². The number of hydrogen-bond donors (Lipinski definition) is 1. The highest BCUT2D eigenvalue weighted by atomic mass is 35.5. The number of fused-ring (bicyclic) bond motifs is 1. The van der Waals surface area contributed by atoms with Crippen molar-refractivity contribution in [3.8, 4) is 11.3 Å². The van der Waals surface area contributed by atoms with Crippen molar-refractivity contribution in [1.82, 2.24) is 24.4 Å². The summed E-state index contributed by atoms with van der Waals surface area (Å²) < 4.78 is 8.08. The SMILES string of the molecule is CCOC(=O)c1cnn2c(-c3cccc(NC(=O)Cn4cc(Cl)cn4)c3)ccnc12. The minimum Gasteiger partial charge on any atom is -0.462 e. The second-order valence-corrected chi connectivity index (χ2v) is 6.77. The van der Waals surface area contributed by atoms with Crippen molar-refractivity contribution in [2.75, 3.05) is 11.9 Å². The van der Waals surface area contributed by atoms with E-state index in [2.05, 4.69) is 20.5 Å². The first-order chi connectivity index (χ1) is 14.5. The Morgan fingerprint density at radius 3 is 2.83 bits per heavy atom. The van der Waals surface area contributed by atoms with Crippen molar-refractivity contribution in [2.45, 2.75) is 13.5 Å². The molecule has 4 aromatic rings. The molecule has 0 aliphatic carbocycles. The van der Waals surface area contributed by atoms with Crippen LogP contribution in [0.4, 0.5) is 5.69 Å². The van der Waals surface area contributed by atoms with Gasteiger partial charge in [0.25, 0.3) is 0 Å². The van der Waals surface area contributed by atoms with Gasteiger partial charge >= 0.3 is 5.97 Å². The van der Waals surface area contributed by atoms with Crippen LogP contribution >= 0.6 is 11.6 Å². The summed E-state index contributed by atoms with van der Waals surface area (Å²) in [7, 11) is 0. The smallest absolute Gasteiger partial charge is 0.343 e. The van der Waals surface area contributed by atoms with Crippen LogP contribution in [0.3, 0.4) is 0 Å². The van der Waals surface area contributed by atoms with Crippen LogP contribution in [0, 0.1) is 0 Å². The van der Waals surface area contributed by atoms with Crippen LogP contribution in [0.5, 0.6) is 0 Å². The first-order valence-electron chi connectivity index (χ1n) is 9.13. The predicted molar refractivity (Wildman–Crippen MR) is 110 cm³/mol. The topological polar surface area (TPSA) is 103 Å². The molecular weight excluding hydrogens is 408 g/mol. The van der Waals surface area contributed by atoms with Gasteiger partial charge in [-0.3, -0.25) is 9.48 Å². The number of esters is 1. The van der Waals surface area contributed by atoms with Crippen molar-refractivity contribution < 1.29 is 14.3 Å². The van der Waals surface area contributed by atoms with E-state index in [1.165, 1.54) is 17.1 Å². The minimum absolute atomic E-state index is 0.0402. The maximum atomic E-state index is 12.3. The zero-order chi connectivity index (χ0) is 21.1. The lowest BCUT2D eigenvalue weighted by molar-refractivity contribution is -0.116. The van der Waals surface area contributed by atoms with Crippen molar-refractivity contribution in [3.63, 3.8) is 0 Å². The molecule has 9 nitrogen and oxygen atoms in total. The number of nitrogens with zero attached hydrogens (tertiary/aromatic N) is 5. The van der Waals surface area contributed by atoms with Crippen molar-refractivity contribution in [1.29, 1.82) is 0 Å². The number of benzene rings is 1. The van der Waals surface area contributed by atoms with Gasteiger partial charge in [0, 0.05) is 23.6 Å². The average Bonchev–Trinajstić information content (AvgIpc) is 3.34. The summed E-state index contributed by atoms with van der Waals surface area (Å²) in [5, 5.41) is 11.6. The van der Waals surface area contributed by atoms with E-state index in [-0.39, 0.29) is 19.1 Å². The van der Waals surface area contributed by atoms with Gasteiger partial charge in [-0.2, -0.15) is 10.2 Å². The molecule has 1 aromatic carbocycles. The number of aromatic nitrogens is 5. The molecule has 152 valence electrons. The zero-order valence-corrected chi connectivity index (χ0v) is 16.7. The molecule has 1 N–H and O–H groups in total. The molecule has 30 heavy (non-hydrogen) atoms. The fraction of sp³-hybridized carbons (Fsp3) is 0.150. The number of anilines is 1. The van der Waals surface area contributed by atoms with Crippen LogP contribution in [-0.2, 0) is 16.1 Å². The summed E-state index contributed by atoms with van der Waals surface area (Å²) in [4.78, 5) is 28.7. The number of rotatable bonds is 6. The number of ether oxygens (including phenoxy) is 1. The minimum atomic E-state index is -0.475. The molecule has 10 heteroatoms. The molecule has 4 rings (SSSR count). The van der Waals surface area contributed by atoms with E-state index in [0.29, 0.717) is 27.6 Å². The second-order valence-electron chi connectivity index (χ2n) is 6.33. The standard InChI is InChI=1S/C20H17ClN6O3/c1-2-30-20(29)16-10-24-27-17(6-7-22-19(16)27)13-4-3-5-15(8-13)25-18(28)12-26-11-14(21)9-23-26/h3-11H,2,12H2,1H3,(H,25,28). The third kappa shape index (κ3) is 4.01. The van der Waals surface area contributed by atoms with E-state index in [0.717, 1.165) is 5.56 Å². The highest BCUT2D eigenvalue weighted by molar-refractivity contribution is 6.30. The molecule has 0 fully saturated rings. The molecule has 3 heterocycles. The van der Waals surface area contributed by atoms with Gasteiger partial charge in [-0.15, -0.1) is 0 Å². The van der Waals surface area contributed by atoms with E-state index in [1.54, 1.807) is 36.0 Å². The molecule has 0 saturated heterocycles. The first kappa shape index (κ1) is 19.6. The van der Waals surface area contributed by atoms with Gasteiger partial charge in [0.2, 0.25) is 5.91 Å². The Labute approximate surface area is 176 Å². The van der Waals surface area contributed by atoms with E-state index in [1.807, 2.05) is 18.2 Å². The Balaban J connectivity index is 1.60. The second kappa shape index (κ2) is 8.34.